The van der Waals surface area contributed by atoms with Gasteiger partial charge in [0, 0.05) is 19.8 Å². The summed E-state index contributed by atoms with van der Waals surface area (Å²) >= 11 is 0. The minimum Gasteiger partial charge on any atom is -0.390 e. The standard InChI is InChI=1S/C8H16N2/c1-5-6-8(10-4)7(2)9-3/h5-6,9-10H,1-4H3/b6-5-,8-7-. The van der Waals surface area contributed by atoms with Crippen molar-refractivity contribution in [1.29, 1.82) is 0 Å². The van der Waals surface area contributed by atoms with Gasteiger partial charge in [0.15, 0.2) is 0 Å². The van der Waals surface area contributed by atoms with Crippen molar-refractivity contribution in [2.75, 3.05) is 14.1 Å². The lowest BCUT2D eigenvalue weighted by Gasteiger charge is -2.06. The molecule has 0 saturated heterocycles. The predicted molar refractivity (Wildman–Crippen MR) is 45.6 cm³/mol. The van der Waals surface area contributed by atoms with Gasteiger partial charge in [-0.25, -0.2) is 0 Å². The molecule has 0 heterocycles. The molecule has 0 radical (unpaired) electrons. The van der Waals surface area contributed by atoms with Crippen LogP contribution in [0.2, 0.25) is 0 Å². The summed E-state index contributed by atoms with van der Waals surface area (Å²) < 4.78 is 0. The molecular formula is C8H16N2. The third kappa shape index (κ3) is 2.58. The van der Waals surface area contributed by atoms with Gasteiger partial charge in [-0.3, -0.25) is 0 Å². The molecule has 0 aromatic rings. The first-order valence-corrected chi connectivity index (χ1v) is 3.45. The van der Waals surface area contributed by atoms with Gasteiger partial charge in [0.25, 0.3) is 0 Å². The van der Waals surface area contributed by atoms with Crippen molar-refractivity contribution in [2.24, 2.45) is 0 Å². The molecule has 2 heteroatoms. The predicted octanol–water partition coefficient (Wildman–Crippen LogP) is 1.23. The van der Waals surface area contributed by atoms with E-state index in [2.05, 4.69) is 10.6 Å². The zero-order chi connectivity index (χ0) is 7.98. The summed E-state index contributed by atoms with van der Waals surface area (Å²) in [7, 11) is 3.83. The highest BCUT2D eigenvalue weighted by atomic mass is 14.9. The Morgan fingerprint density at radius 3 is 2.10 bits per heavy atom. The van der Waals surface area contributed by atoms with E-state index in [4.69, 9.17) is 0 Å². The maximum absolute atomic E-state index is 3.08. The smallest absolute Gasteiger partial charge is 0.0524 e. The summed E-state index contributed by atoms with van der Waals surface area (Å²) in [6.07, 6.45) is 4.04. The van der Waals surface area contributed by atoms with Crippen LogP contribution in [0.3, 0.4) is 0 Å². The number of hydrogen-bond acceptors (Lipinski definition) is 2. The molecule has 0 aliphatic heterocycles. The second kappa shape index (κ2) is 4.91. The van der Waals surface area contributed by atoms with Crippen LogP contribution in [0.25, 0.3) is 0 Å². The molecule has 0 amide bonds. The SMILES string of the molecule is C/C=C\C(NC)=C(/C)NC. The lowest BCUT2D eigenvalue weighted by Crippen LogP contribution is -2.13. The average molecular weight is 140 g/mol. The fraction of sp³-hybridized carbons (Fsp3) is 0.500. The van der Waals surface area contributed by atoms with E-state index in [-0.39, 0.29) is 0 Å². The van der Waals surface area contributed by atoms with Gasteiger partial charge in [-0.1, -0.05) is 6.08 Å². The van der Waals surface area contributed by atoms with Crippen LogP contribution in [0.15, 0.2) is 23.5 Å². The summed E-state index contributed by atoms with van der Waals surface area (Å²) in [5, 5.41) is 6.15. The highest BCUT2D eigenvalue weighted by molar-refractivity contribution is 5.20. The van der Waals surface area contributed by atoms with E-state index in [1.165, 1.54) is 0 Å². The van der Waals surface area contributed by atoms with Crippen LogP contribution >= 0.6 is 0 Å². The van der Waals surface area contributed by atoms with Crippen molar-refractivity contribution in [3.05, 3.63) is 23.5 Å². The molecule has 10 heavy (non-hydrogen) atoms. The summed E-state index contributed by atoms with van der Waals surface area (Å²) in [4.78, 5) is 0. The fourth-order valence-electron chi connectivity index (χ4n) is 0.697. The monoisotopic (exact) mass is 140 g/mol. The Labute approximate surface area is 63.0 Å². The van der Waals surface area contributed by atoms with Gasteiger partial charge in [-0.15, -0.1) is 0 Å². The molecular weight excluding hydrogens is 124 g/mol. The lowest BCUT2D eigenvalue weighted by atomic mass is 10.3. The normalized spacial score (nSPS) is 13.2. The molecule has 0 rings (SSSR count). The topological polar surface area (TPSA) is 24.1 Å². The van der Waals surface area contributed by atoms with E-state index in [0.717, 1.165) is 11.4 Å². The second-order valence-electron chi connectivity index (χ2n) is 2.04. The Morgan fingerprint density at radius 1 is 1.20 bits per heavy atom. The van der Waals surface area contributed by atoms with Crippen molar-refractivity contribution in [3.63, 3.8) is 0 Å². The van der Waals surface area contributed by atoms with Gasteiger partial charge in [0.2, 0.25) is 0 Å². The van der Waals surface area contributed by atoms with Gasteiger partial charge in [-0.05, 0) is 19.9 Å². The minimum atomic E-state index is 1.13. The fourth-order valence-corrected chi connectivity index (χ4v) is 0.697. The lowest BCUT2D eigenvalue weighted by molar-refractivity contribution is 0.904. The largest absolute Gasteiger partial charge is 0.390 e. The zero-order valence-electron chi connectivity index (χ0n) is 7.15. The van der Waals surface area contributed by atoms with Crippen LogP contribution in [0.4, 0.5) is 0 Å². The maximum atomic E-state index is 3.08. The van der Waals surface area contributed by atoms with Crippen molar-refractivity contribution >= 4 is 0 Å². The van der Waals surface area contributed by atoms with E-state index < -0.39 is 0 Å². The second-order valence-corrected chi connectivity index (χ2v) is 2.04. The number of nitrogens with one attached hydrogen (secondary N) is 2. The molecule has 0 aliphatic rings. The van der Waals surface area contributed by atoms with E-state index in [9.17, 15) is 0 Å². The van der Waals surface area contributed by atoms with E-state index >= 15 is 0 Å². The van der Waals surface area contributed by atoms with Crippen LogP contribution < -0.4 is 10.6 Å². The molecule has 0 saturated carbocycles. The quantitative estimate of drug-likeness (QED) is 0.576. The highest BCUT2D eigenvalue weighted by Crippen LogP contribution is 1.96. The van der Waals surface area contributed by atoms with E-state index in [1.54, 1.807) is 0 Å². The Hall–Kier alpha value is -0.920. The first-order valence-electron chi connectivity index (χ1n) is 3.45. The van der Waals surface area contributed by atoms with E-state index in [0.29, 0.717) is 0 Å². The van der Waals surface area contributed by atoms with E-state index in [1.807, 2.05) is 40.1 Å². The van der Waals surface area contributed by atoms with Crippen molar-refractivity contribution in [1.82, 2.24) is 10.6 Å². The van der Waals surface area contributed by atoms with Crippen molar-refractivity contribution in [3.8, 4) is 0 Å². The molecule has 2 N–H and O–H groups in total. The summed E-state index contributed by atoms with van der Waals surface area (Å²) in [5.74, 6) is 0. The van der Waals surface area contributed by atoms with Crippen LogP contribution in [0.1, 0.15) is 13.8 Å². The third-order valence-electron chi connectivity index (χ3n) is 1.38. The molecule has 0 fully saturated rings. The molecule has 0 aliphatic carbocycles. The number of likely N-dealkylation sites (N-methyl/N-ethyl adjacent to an activating group) is 1. The van der Waals surface area contributed by atoms with Crippen LogP contribution in [-0.4, -0.2) is 14.1 Å². The molecule has 0 unspecified atom stereocenters. The number of rotatable bonds is 3. The molecule has 0 aromatic heterocycles. The van der Waals surface area contributed by atoms with Crippen molar-refractivity contribution < 1.29 is 0 Å². The minimum absolute atomic E-state index is 1.13. The van der Waals surface area contributed by atoms with Crippen LogP contribution in [-0.2, 0) is 0 Å². The Kier molecular flexibility index (Phi) is 4.46. The van der Waals surface area contributed by atoms with Gasteiger partial charge < -0.3 is 10.6 Å². The van der Waals surface area contributed by atoms with Gasteiger partial charge in [0.1, 0.15) is 0 Å². The summed E-state index contributed by atoms with van der Waals surface area (Å²) in [6.45, 7) is 4.03. The molecule has 0 aromatic carbocycles. The van der Waals surface area contributed by atoms with Crippen LogP contribution in [0, 0.1) is 0 Å². The Bertz CT molecular complexity index is 145. The first kappa shape index (κ1) is 9.08. The summed E-state index contributed by atoms with van der Waals surface area (Å²) in [5.41, 5.74) is 2.28. The molecule has 0 spiro atoms. The van der Waals surface area contributed by atoms with Crippen molar-refractivity contribution in [2.45, 2.75) is 13.8 Å². The van der Waals surface area contributed by atoms with Gasteiger partial charge >= 0.3 is 0 Å². The Balaban J connectivity index is 4.29. The molecule has 0 atom stereocenters. The van der Waals surface area contributed by atoms with Gasteiger partial charge in [-0.2, -0.15) is 0 Å². The van der Waals surface area contributed by atoms with Gasteiger partial charge in [0.05, 0.1) is 5.70 Å². The first-order chi connectivity index (χ1) is 4.76. The molecule has 0 bridgehead atoms. The number of hydrogen-bond donors (Lipinski definition) is 2. The molecule has 58 valence electrons. The highest BCUT2D eigenvalue weighted by Gasteiger charge is 1.90. The van der Waals surface area contributed by atoms with Crippen LogP contribution in [0.5, 0.6) is 0 Å². The third-order valence-corrected chi connectivity index (χ3v) is 1.38. The Morgan fingerprint density at radius 2 is 1.80 bits per heavy atom. The summed E-state index contributed by atoms with van der Waals surface area (Å²) in [6, 6.07) is 0. The maximum Gasteiger partial charge on any atom is 0.0524 e. The molecule has 2 nitrogen and oxygen atoms in total. The zero-order valence-corrected chi connectivity index (χ0v) is 7.15. The number of allylic oxidation sites excluding steroid dienone is 3. The average Bonchev–Trinajstić information content (AvgIpc) is 1.99.